The highest BCUT2D eigenvalue weighted by Crippen LogP contribution is 2.29. The van der Waals surface area contributed by atoms with E-state index in [4.69, 9.17) is 0 Å². The van der Waals surface area contributed by atoms with E-state index in [-0.39, 0.29) is 11.3 Å². The van der Waals surface area contributed by atoms with Crippen LogP contribution >= 0.6 is 0 Å². The van der Waals surface area contributed by atoms with Gasteiger partial charge in [0.25, 0.3) is 0 Å². The fraction of sp³-hybridized carbons (Fsp3) is 0.222. The van der Waals surface area contributed by atoms with Gasteiger partial charge in [-0.15, -0.1) is 0 Å². The highest BCUT2D eigenvalue weighted by Gasteiger charge is 2.33. The standard InChI is InChI=1S/C27H30OSi/c1-29(2,25-19-10-5-11-20-25)26(22-27(28)24-17-8-4-9-18-24)21-13-12-16-23-14-6-3-7-15-23/h3-11,13-15,17-21,26H,12,16,22H2,1-2H3/b21-13+/t26-/m1/s1. The normalized spacial score (nSPS) is 12.8. The number of hydrogen-bond donors (Lipinski definition) is 0. The molecule has 0 unspecified atom stereocenters. The fourth-order valence-corrected chi connectivity index (χ4v) is 6.53. The first-order valence-corrected chi connectivity index (χ1v) is 13.5. The van der Waals surface area contributed by atoms with Crippen LogP contribution < -0.4 is 5.19 Å². The Morgan fingerprint density at radius 3 is 2.00 bits per heavy atom. The fourth-order valence-electron chi connectivity index (χ4n) is 3.74. The Kier molecular flexibility index (Phi) is 7.37. The molecule has 0 aliphatic rings. The summed E-state index contributed by atoms with van der Waals surface area (Å²) in [5.41, 5.74) is 2.44. The summed E-state index contributed by atoms with van der Waals surface area (Å²) >= 11 is 0. The zero-order chi connectivity index (χ0) is 20.5. The summed E-state index contributed by atoms with van der Waals surface area (Å²) in [4.78, 5) is 13.0. The van der Waals surface area contributed by atoms with Crippen molar-refractivity contribution in [2.24, 2.45) is 0 Å². The molecule has 0 spiro atoms. The molecular weight excluding hydrogens is 368 g/mol. The molecule has 0 N–H and O–H groups in total. The third-order valence-corrected chi connectivity index (χ3v) is 9.83. The third-order valence-electron chi connectivity index (χ3n) is 5.76. The first-order chi connectivity index (χ1) is 14.1. The van der Waals surface area contributed by atoms with Crippen molar-refractivity contribution in [2.75, 3.05) is 0 Å². The molecule has 2 heteroatoms. The number of carbonyl (C=O) groups is 1. The minimum Gasteiger partial charge on any atom is -0.294 e. The molecule has 3 aromatic rings. The highest BCUT2D eigenvalue weighted by molar-refractivity contribution is 6.91. The average Bonchev–Trinajstić information content (AvgIpc) is 2.77. The Morgan fingerprint density at radius 1 is 0.828 bits per heavy atom. The second-order valence-electron chi connectivity index (χ2n) is 8.14. The van der Waals surface area contributed by atoms with E-state index < -0.39 is 8.07 Å². The van der Waals surface area contributed by atoms with Crippen LogP contribution in [0.3, 0.4) is 0 Å². The molecule has 148 valence electrons. The molecule has 3 aromatic carbocycles. The van der Waals surface area contributed by atoms with Gasteiger partial charge in [0.05, 0.1) is 8.07 Å². The summed E-state index contributed by atoms with van der Waals surface area (Å²) < 4.78 is 0. The van der Waals surface area contributed by atoms with Gasteiger partial charge in [-0.25, -0.2) is 0 Å². The quantitative estimate of drug-likeness (QED) is 0.230. The van der Waals surface area contributed by atoms with Crippen molar-refractivity contribution in [2.45, 2.75) is 37.9 Å². The first kappa shape index (κ1) is 21.0. The van der Waals surface area contributed by atoms with Gasteiger partial charge < -0.3 is 0 Å². The van der Waals surface area contributed by atoms with Crippen LogP contribution in [0, 0.1) is 0 Å². The topological polar surface area (TPSA) is 17.1 Å². The summed E-state index contributed by atoms with van der Waals surface area (Å²) in [5.74, 6) is 0.236. The van der Waals surface area contributed by atoms with Gasteiger partial charge in [0, 0.05) is 12.0 Å². The number of aryl methyl sites for hydroxylation is 1. The number of rotatable bonds is 9. The van der Waals surface area contributed by atoms with Crippen LogP contribution in [0.15, 0.2) is 103 Å². The van der Waals surface area contributed by atoms with E-state index in [9.17, 15) is 4.79 Å². The predicted molar refractivity (Wildman–Crippen MR) is 127 cm³/mol. The molecule has 1 atom stereocenters. The lowest BCUT2D eigenvalue weighted by Crippen LogP contribution is -2.46. The minimum atomic E-state index is -1.84. The maximum Gasteiger partial charge on any atom is 0.163 e. The van der Waals surface area contributed by atoms with E-state index >= 15 is 0 Å². The molecule has 1 nitrogen and oxygen atoms in total. The van der Waals surface area contributed by atoms with E-state index in [1.165, 1.54) is 10.8 Å². The van der Waals surface area contributed by atoms with Gasteiger partial charge in [0.2, 0.25) is 0 Å². The zero-order valence-corrected chi connectivity index (χ0v) is 18.4. The molecule has 0 bridgehead atoms. The maximum absolute atomic E-state index is 13.0. The lowest BCUT2D eigenvalue weighted by Gasteiger charge is -2.31. The van der Waals surface area contributed by atoms with Crippen molar-refractivity contribution < 1.29 is 4.79 Å². The molecule has 0 heterocycles. The molecule has 3 rings (SSSR count). The Morgan fingerprint density at radius 2 is 1.38 bits per heavy atom. The Bertz CT molecular complexity index is 915. The van der Waals surface area contributed by atoms with E-state index in [0.717, 1.165) is 18.4 Å². The van der Waals surface area contributed by atoms with Gasteiger partial charge >= 0.3 is 0 Å². The second-order valence-corrected chi connectivity index (χ2v) is 12.9. The smallest absolute Gasteiger partial charge is 0.163 e. The van der Waals surface area contributed by atoms with Gasteiger partial charge in [-0.05, 0) is 23.9 Å². The van der Waals surface area contributed by atoms with Crippen molar-refractivity contribution >= 4 is 19.0 Å². The van der Waals surface area contributed by atoms with Crippen LogP contribution in [-0.2, 0) is 6.42 Å². The molecule has 0 aliphatic heterocycles. The van der Waals surface area contributed by atoms with E-state index in [2.05, 4.69) is 85.9 Å². The van der Waals surface area contributed by atoms with Crippen molar-refractivity contribution in [1.82, 2.24) is 0 Å². The van der Waals surface area contributed by atoms with Gasteiger partial charge in [-0.2, -0.15) is 0 Å². The summed E-state index contributed by atoms with van der Waals surface area (Å²) in [6, 6.07) is 31.0. The van der Waals surface area contributed by atoms with Gasteiger partial charge in [-0.3, -0.25) is 4.79 Å². The lowest BCUT2D eigenvalue weighted by atomic mass is 10.1. The van der Waals surface area contributed by atoms with Crippen molar-refractivity contribution in [3.05, 3.63) is 114 Å². The molecule has 0 radical (unpaired) electrons. The molecule has 29 heavy (non-hydrogen) atoms. The largest absolute Gasteiger partial charge is 0.294 e. The lowest BCUT2D eigenvalue weighted by molar-refractivity contribution is 0.0983. The summed E-state index contributed by atoms with van der Waals surface area (Å²) in [7, 11) is -1.84. The monoisotopic (exact) mass is 398 g/mol. The Balaban J connectivity index is 1.77. The van der Waals surface area contributed by atoms with E-state index in [0.29, 0.717) is 6.42 Å². The number of carbonyl (C=O) groups excluding carboxylic acids is 1. The molecule has 0 amide bonds. The maximum atomic E-state index is 13.0. The summed E-state index contributed by atoms with van der Waals surface area (Å²) in [5, 5.41) is 1.40. The number of hydrogen-bond acceptors (Lipinski definition) is 1. The van der Waals surface area contributed by atoms with Crippen molar-refractivity contribution in [3.63, 3.8) is 0 Å². The van der Waals surface area contributed by atoms with E-state index in [1.54, 1.807) is 0 Å². The predicted octanol–water partition coefficient (Wildman–Crippen LogP) is 6.43. The average molecular weight is 399 g/mol. The van der Waals surface area contributed by atoms with Crippen LogP contribution in [0.1, 0.15) is 28.8 Å². The van der Waals surface area contributed by atoms with Crippen molar-refractivity contribution in [1.29, 1.82) is 0 Å². The van der Waals surface area contributed by atoms with Gasteiger partial charge in [0.15, 0.2) is 5.78 Å². The highest BCUT2D eigenvalue weighted by atomic mass is 28.3. The Labute approximate surface area is 176 Å². The SMILES string of the molecule is C[Si](C)(c1ccccc1)[C@H](/C=C/CCc1ccccc1)CC(=O)c1ccccc1. The van der Waals surface area contributed by atoms with Crippen LogP contribution in [0.25, 0.3) is 0 Å². The van der Waals surface area contributed by atoms with Crippen LogP contribution in [-0.4, -0.2) is 13.9 Å². The molecule has 0 fully saturated rings. The summed E-state index contributed by atoms with van der Waals surface area (Å²) in [6.45, 7) is 4.76. The van der Waals surface area contributed by atoms with Crippen LogP contribution in [0.4, 0.5) is 0 Å². The van der Waals surface area contributed by atoms with Crippen LogP contribution in [0.5, 0.6) is 0 Å². The molecule has 0 aromatic heterocycles. The second kappa shape index (κ2) is 10.2. The zero-order valence-electron chi connectivity index (χ0n) is 17.4. The molecule has 0 aliphatic carbocycles. The van der Waals surface area contributed by atoms with Crippen LogP contribution in [0.2, 0.25) is 18.6 Å². The number of Topliss-reactive ketones (excluding diaryl/α,β-unsaturated/α-hetero) is 1. The third kappa shape index (κ3) is 5.88. The first-order valence-electron chi connectivity index (χ1n) is 10.4. The Hall–Kier alpha value is -2.71. The number of benzene rings is 3. The number of ketones is 1. The van der Waals surface area contributed by atoms with Gasteiger partial charge in [0.1, 0.15) is 0 Å². The molecule has 0 saturated heterocycles. The van der Waals surface area contributed by atoms with Gasteiger partial charge in [-0.1, -0.05) is 121 Å². The molecule has 0 saturated carbocycles. The van der Waals surface area contributed by atoms with E-state index in [1.807, 2.05) is 30.3 Å². The molecular formula is C27H30OSi. The number of allylic oxidation sites excluding steroid dienone is 2. The van der Waals surface area contributed by atoms with Crippen molar-refractivity contribution in [3.8, 4) is 0 Å². The minimum absolute atomic E-state index is 0.236. The summed E-state index contributed by atoms with van der Waals surface area (Å²) in [6.07, 6.45) is 7.21.